The topological polar surface area (TPSA) is 41.6 Å². The SMILES string of the molecule is CCCCCN=C(N)N(C)C. The summed E-state index contributed by atoms with van der Waals surface area (Å²) < 4.78 is 0. The van der Waals surface area contributed by atoms with Gasteiger partial charge < -0.3 is 10.6 Å². The molecule has 0 unspecified atom stereocenters. The lowest BCUT2D eigenvalue weighted by atomic mass is 10.2. The number of rotatable bonds is 4. The van der Waals surface area contributed by atoms with Crippen molar-refractivity contribution in [2.45, 2.75) is 26.2 Å². The van der Waals surface area contributed by atoms with Gasteiger partial charge in [-0.2, -0.15) is 0 Å². The second-order valence-electron chi connectivity index (χ2n) is 2.84. The highest BCUT2D eigenvalue weighted by Gasteiger charge is 1.91. The first-order chi connectivity index (χ1) is 5.18. The van der Waals surface area contributed by atoms with E-state index in [2.05, 4.69) is 11.9 Å². The van der Waals surface area contributed by atoms with Crippen LogP contribution in [-0.4, -0.2) is 31.5 Å². The Labute approximate surface area is 69.3 Å². The molecule has 0 radical (unpaired) electrons. The fourth-order valence-electron chi connectivity index (χ4n) is 0.697. The van der Waals surface area contributed by atoms with Gasteiger partial charge in [0.1, 0.15) is 0 Å². The van der Waals surface area contributed by atoms with Gasteiger partial charge in [-0.05, 0) is 6.42 Å². The van der Waals surface area contributed by atoms with Crippen molar-refractivity contribution in [1.29, 1.82) is 0 Å². The van der Waals surface area contributed by atoms with Crippen molar-refractivity contribution < 1.29 is 0 Å². The van der Waals surface area contributed by atoms with Crippen LogP contribution in [0.2, 0.25) is 0 Å². The molecule has 0 atom stereocenters. The van der Waals surface area contributed by atoms with E-state index in [-0.39, 0.29) is 0 Å². The highest BCUT2D eigenvalue weighted by Crippen LogP contribution is 1.93. The second-order valence-corrected chi connectivity index (χ2v) is 2.84. The van der Waals surface area contributed by atoms with E-state index >= 15 is 0 Å². The van der Waals surface area contributed by atoms with Crippen molar-refractivity contribution in [3.63, 3.8) is 0 Å². The van der Waals surface area contributed by atoms with Gasteiger partial charge in [-0.15, -0.1) is 0 Å². The first-order valence-corrected chi connectivity index (χ1v) is 4.15. The molecule has 0 fully saturated rings. The zero-order valence-electron chi connectivity index (χ0n) is 7.80. The van der Waals surface area contributed by atoms with E-state index in [1.54, 1.807) is 0 Å². The molecular formula is C8H19N3. The molecule has 0 aliphatic carbocycles. The molecule has 0 bridgehead atoms. The van der Waals surface area contributed by atoms with Crippen molar-refractivity contribution in [3.8, 4) is 0 Å². The van der Waals surface area contributed by atoms with Crippen molar-refractivity contribution in [2.75, 3.05) is 20.6 Å². The number of unbranched alkanes of at least 4 members (excludes halogenated alkanes) is 2. The fourth-order valence-corrected chi connectivity index (χ4v) is 0.697. The minimum Gasteiger partial charge on any atom is -0.370 e. The lowest BCUT2D eigenvalue weighted by molar-refractivity contribution is 0.605. The fraction of sp³-hybridized carbons (Fsp3) is 0.875. The maximum atomic E-state index is 5.57. The second kappa shape index (κ2) is 6.01. The van der Waals surface area contributed by atoms with Crippen molar-refractivity contribution in [1.82, 2.24) is 4.90 Å². The lowest BCUT2D eigenvalue weighted by Crippen LogP contribution is -2.30. The monoisotopic (exact) mass is 157 g/mol. The van der Waals surface area contributed by atoms with Crippen molar-refractivity contribution >= 4 is 5.96 Å². The predicted molar refractivity (Wildman–Crippen MR) is 49.7 cm³/mol. The molecule has 0 amide bonds. The Morgan fingerprint density at radius 3 is 2.45 bits per heavy atom. The molecule has 66 valence electrons. The summed E-state index contributed by atoms with van der Waals surface area (Å²) in [5, 5.41) is 0. The molecule has 0 aromatic carbocycles. The Kier molecular flexibility index (Phi) is 5.61. The molecule has 0 aromatic heterocycles. The van der Waals surface area contributed by atoms with Crippen LogP contribution < -0.4 is 5.73 Å². The molecule has 0 aromatic rings. The largest absolute Gasteiger partial charge is 0.370 e. The Hall–Kier alpha value is -0.730. The van der Waals surface area contributed by atoms with Crippen molar-refractivity contribution in [2.24, 2.45) is 10.7 Å². The normalized spacial score (nSPS) is 11.7. The molecule has 3 nitrogen and oxygen atoms in total. The van der Waals surface area contributed by atoms with Crippen LogP contribution in [0.3, 0.4) is 0 Å². The number of nitrogens with two attached hydrogens (primary N) is 1. The van der Waals surface area contributed by atoms with E-state index in [1.165, 1.54) is 12.8 Å². The Morgan fingerprint density at radius 2 is 2.00 bits per heavy atom. The van der Waals surface area contributed by atoms with Gasteiger partial charge in [-0.3, -0.25) is 4.99 Å². The number of hydrogen-bond donors (Lipinski definition) is 1. The Bertz CT molecular complexity index is 119. The van der Waals surface area contributed by atoms with Crippen LogP contribution in [0.25, 0.3) is 0 Å². The molecule has 0 aliphatic heterocycles. The Balaban J connectivity index is 3.40. The van der Waals surface area contributed by atoms with Gasteiger partial charge in [0, 0.05) is 20.6 Å². The number of guanidine groups is 1. The number of nitrogens with zero attached hydrogens (tertiary/aromatic N) is 2. The van der Waals surface area contributed by atoms with Crippen LogP contribution in [0.5, 0.6) is 0 Å². The minimum atomic E-state index is 0.626. The maximum absolute atomic E-state index is 5.57. The first-order valence-electron chi connectivity index (χ1n) is 4.15. The van der Waals surface area contributed by atoms with Crippen LogP contribution >= 0.6 is 0 Å². The smallest absolute Gasteiger partial charge is 0.190 e. The summed E-state index contributed by atoms with van der Waals surface area (Å²) in [5.41, 5.74) is 5.57. The Morgan fingerprint density at radius 1 is 1.36 bits per heavy atom. The molecule has 2 N–H and O–H groups in total. The minimum absolute atomic E-state index is 0.626. The molecule has 3 heteroatoms. The summed E-state index contributed by atoms with van der Waals surface area (Å²) in [4.78, 5) is 6.01. The van der Waals surface area contributed by atoms with Crippen LogP contribution in [0.4, 0.5) is 0 Å². The van der Waals surface area contributed by atoms with Gasteiger partial charge in [0.05, 0.1) is 0 Å². The summed E-state index contributed by atoms with van der Waals surface area (Å²) in [6.07, 6.45) is 3.62. The molecule has 0 saturated heterocycles. The van der Waals surface area contributed by atoms with E-state index in [0.29, 0.717) is 5.96 Å². The van der Waals surface area contributed by atoms with Gasteiger partial charge in [0.15, 0.2) is 5.96 Å². The standard InChI is InChI=1S/C8H19N3/c1-4-5-6-7-10-8(9)11(2)3/h4-7H2,1-3H3,(H2,9,10). The zero-order valence-corrected chi connectivity index (χ0v) is 7.80. The van der Waals surface area contributed by atoms with Gasteiger partial charge >= 0.3 is 0 Å². The molecule has 0 rings (SSSR count). The number of hydrogen-bond acceptors (Lipinski definition) is 1. The average Bonchev–Trinajstić information content (AvgIpc) is 1.97. The first kappa shape index (κ1) is 10.3. The maximum Gasteiger partial charge on any atom is 0.190 e. The molecule has 0 saturated carbocycles. The summed E-state index contributed by atoms with van der Waals surface area (Å²) in [6.45, 7) is 3.04. The molecule has 0 heterocycles. The molecule has 0 spiro atoms. The zero-order chi connectivity index (χ0) is 8.69. The molecular weight excluding hydrogens is 138 g/mol. The number of aliphatic imine (C=N–C) groups is 1. The van der Waals surface area contributed by atoms with Gasteiger partial charge in [0.2, 0.25) is 0 Å². The summed E-state index contributed by atoms with van der Waals surface area (Å²) in [6, 6.07) is 0. The quantitative estimate of drug-likeness (QED) is 0.376. The molecule has 0 aliphatic rings. The highest BCUT2D eigenvalue weighted by molar-refractivity contribution is 5.77. The molecule has 11 heavy (non-hydrogen) atoms. The van der Waals surface area contributed by atoms with Crippen LogP contribution in [0.1, 0.15) is 26.2 Å². The third kappa shape index (κ3) is 5.70. The third-order valence-electron chi connectivity index (χ3n) is 1.49. The van der Waals surface area contributed by atoms with Crippen molar-refractivity contribution in [3.05, 3.63) is 0 Å². The third-order valence-corrected chi connectivity index (χ3v) is 1.49. The van der Waals surface area contributed by atoms with E-state index in [1.807, 2.05) is 19.0 Å². The predicted octanol–water partition coefficient (Wildman–Crippen LogP) is 1.05. The van der Waals surface area contributed by atoms with E-state index < -0.39 is 0 Å². The summed E-state index contributed by atoms with van der Waals surface area (Å²) in [7, 11) is 3.80. The van der Waals surface area contributed by atoms with E-state index in [4.69, 9.17) is 5.73 Å². The van der Waals surface area contributed by atoms with Crippen LogP contribution in [0.15, 0.2) is 4.99 Å². The highest BCUT2D eigenvalue weighted by atomic mass is 15.2. The van der Waals surface area contributed by atoms with Crippen LogP contribution in [0, 0.1) is 0 Å². The van der Waals surface area contributed by atoms with Gasteiger partial charge in [-0.25, -0.2) is 0 Å². The van der Waals surface area contributed by atoms with Gasteiger partial charge in [-0.1, -0.05) is 19.8 Å². The summed E-state index contributed by atoms with van der Waals surface area (Å²) >= 11 is 0. The average molecular weight is 157 g/mol. The van der Waals surface area contributed by atoms with Crippen LogP contribution in [-0.2, 0) is 0 Å². The van der Waals surface area contributed by atoms with E-state index in [9.17, 15) is 0 Å². The summed E-state index contributed by atoms with van der Waals surface area (Å²) in [5.74, 6) is 0.626. The van der Waals surface area contributed by atoms with Gasteiger partial charge in [0.25, 0.3) is 0 Å². The van der Waals surface area contributed by atoms with E-state index in [0.717, 1.165) is 13.0 Å². The lowest BCUT2D eigenvalue weighted by Gasteiger charge is -2.09.